The number of carbonyl (C=O) groups excluding carboxylic acids is 1. The number of hydrogen-bond acceptors (Lipinski definition) is 8. The van der Waals surface area contributed by atoms with Gasteiger partial charge in [-0.25, -0.2) is 9.78 Å². The highest BCUT2D eigenvalue weighted by molar-refractivity contribution is 5.97. The van der Waals surface area contributed by atoms with Crippen molar-refractivity contribution in [3.63, 3.8) is 0 Å². The molecule has 2 heterocycles. The molecular formula is C25H25N5O4. The number of rotatable bonds is 8. The second-order valence-corrected chi connectivity index (χ2v) is 7.72. The maximum absolute atomic E-state index is 12.5. The van der Waals surface area contributed by atoms with Crippen molar-refractivity contribution in [2.75, 3.05) is 30.8 Å². The van der Waals surface area contributed by atoms with Gasteiger partial charge in [0.2, 0.25) is 5.95 Å². The molecule has 0 bridgehead atoms. The Morgan fingerprint density at radius 2 is 1.82 bits per heavy atom. The molecule has 0 fully saturated rings. The number of anilines is 3. The summed E-state index contributed by atoms with van der Waals surface area (Å²) >= 11 is 0. The average molecular weight is 460 g/mol. The van der Waals surface area contributed by atoms with E-state index in [0.717, 1.165) is 11.4 Å². The highest BCUT2D eigenvalue weighted by Gasteiger charge is 2.15. The lowest BCUT2D eigenvalue weighted by Crippen LogP contribution is -2.32. The van der Waals surface area contributed by atoms with Crippen LogP contribution in [0.25, 0.3) is 11.0 Å². The Kier molecular flexibility index (Phi) is 6.72. The van der Waals surface area contributed by atoms with Gasteiger partial charge < -0.3 is 25.1 Å². The fourth-order valence-corrected chi connectivity index (χ4v) is 3.38. The highest BCUT2D eigenvalue weighted by Crippen LogP contribution is 2.24. The Balaban J connectivity index is 1.36. The first-order valence-electron chi connectivity index (χ1n) is 10.8. The minimum atomic E-state index is -0.726. The standard InChI is InChI=1S/C25H25N5O4/c1-15-7-9-18(10-8-15)29-21-13-16(2)28-25(30-21)27-12-11-26-23(31)19-14-17-5-4-6-20(33-3)22(17)34-24(19)32/h4-10,13-14H,11-12H2,1-3H3,(H,26,31)(H2,27,28,29,30). The van der Waals surface area contributed by atoms with Gasteiger partial charge in [0.25, 0.3) is 5.91 Å². The lowest BCUT2D eigenvalue weighted by Gasteiger charge is -2.11. The Bertz CT molecular complexity index is 1380. The van der Waals surface area contributed by atoms with Gasteiger partial charge in [0, 0.05) is 35.9 Å². The van der Waals surface area contributed by atoms with Gasteiger partial charge in [-0.05, 0) is 38.1 Å². The van der Waals surface area contributed by atoms with Crippen LogP contribution in [-0.2, 0) is 0 Å². The van der Waals surface area contributed by atoms with Crippen LogP contribution >= 0.6 is 0 Å². The Morgan fingerprint density at radius 3 is 2.59 bits per heavy atom. The van der Waals surface area contributed by atoms with Gasteiger partial charge in [0.05, 0.1) is 7.11 Å². The van der Waals surface area contributed by atoms with Crippen molar-refractivity contribution in [3.05, 3.63) is 81.8 Å². The second-order valence-electron chi connectivity index (χ2n) is 7.72. The van der Waals surface area contributed by atoms with Crippen LogP contribution in [0.15, 0.2) is 63.8 Å². The van der Waals surface area contributed by atoms with E-state index >= 15 is 0 Å². The lowest BCUT2D eigenvalue weighted by molar-refractivity contribution is 0.0951. The summed E-state index contributed by atoms with van der Waals surface area (Å²) < 4.78 is 10.5. The third-order valence-corrected chi connectivity index (χ3v) is 5.06. The molecule has 3 N–H and O–H groups in total. The number of aryl methyl sites for hydroxylation is 2. The molecule has 2 aromatic heterocycles. The number of ether oxygens (including phenoxy) is 1. The molecule has 2 aromatic carbocycles. The van der Waals surface area contributed by atoms with Crippen LogP contribution < -0.4 is 26.3 Å². The molecule has 0 aliphatic rings. The van der Waals surface area contributed by atoms with E-state index in [1.807, 2.05) is 44.2 Å². The zero-order valence-corrected chi connectivity index (χ0v) is 19.1. The molecular weight excluding hydrogens is 434 g/mol. The summed E-state index contributed by atoms with van der Waals surface area (Å²) in [6.07, 6.45) is 0. The number of aromatic nitrogens is 2. The van der Waals surface area contributed by atoms with E-state index in [1.54, 1.807) is 18.2 Å². The van der Waals surface area contributed by atoms with Gasteiger partial charge >= 0.3 is 5.63 Å². The van der Waals surface area contributed by atoms with Gasteiger partial charge in [-0.15, -0.1) is 0 Å². The lowest BCUT2D eigenvalue weighted by atomic mass is 10.1. The molecule has 4 aromatic rings. The van der Waals surface area contributed by atoms with Gasteiger partial charge in [0.1, 0.15) is 11.4 Å². The summed E-state index contributed by atoms with van der Waals surface area (Å²) in [6, 6.07) is 16.5. The fourth-order valence-electron chi connectivity index (χ4n) is 3.38. The number of nitrogens with one attached hydrogen (secondary N) is 3. The molecule has 4 rings (SSSR count). The number of carbonyl (C=O) groups is 1. The monoisotopic (exact) mass is 459 g/mol. The van der Waals surface area contributed by atoms with Crippen LogP contribution in [0.2, 0.25) is 0 Å². The zero-order valence-electron chi connectivity index (χ0n) is 19.1. The number of nitrogens with zero attached hydrogens (tertiary/aromatic N) is 2. The highest BCUT2D eigenvalue weighted by atomic mass is 16.5. The summed E-state index contributed by atoms with van der Waals surface area (Å²) in [6.45, 7) is 4.53. The maximum atomic E-state index is 12.5. The van der Waals surface area contributed by atoms with Crippen molar-refractivity contribution < 1.29 is 13.9 Å². The molecule has 9 nitrogen and oxygen atoms in total. The zero-order chi connectivity index (χ0) is 24.1. The van der Waals surface area contributed by atoms with Crippen LogP contribution in [0.1, 0.15) is 21.6 Å². The number of benzene rings is 2. The number of para-hydroxylation sites is 1. The second kappa shape index (κ2) is 10.0. The molecule has 174 valence electrons. The number of fused-ring (bicyclic) bond motifs is 1. The van der Waals surface area contributed by atoms with Crippen LogP contribution in [0.4, 0.5) is 17.5 Å². The van der Waals surface area contributed by atoms with Crippen LogP contribution in [-0.4, -0.2) is 36.1 Å². The van der Waals surface area contributed by atoms with E-state index in [9.17, 15) is 9.59 Å². The van der Waals surface area contributed by atoms with E-state index in [1.165, 1.54) is 18.7 Å². The number of amides is 1. The van der Waals surface area contributed by atoms with E-state index in [4.69, 9.17) is 9.15 Å². The van der Waals surface area contributed by atoms with E-state index in [2.05, 4.69) is 25.9 Å². The third-order valence-electron chi connectivity index (χ3n) is 5.06. The first-order chi connectivity index (χ1) is 16.4. The van der Waals surface area contributed by atoms with Crippen molar-refractivity contribution in [1.29, 1.82) is 0 Å². The van der Waals surface area contributed by atoms with Crippen molar-refractivity contribution in [3.8, 4) is 5.75 Å². The predicted molar refractivity (Wildman–Crippen MR) is 131 cm³/mol. The Labute approximate surface area is 196 Å². The van der Waals surface area contributed by atoms with Gasteiger partial charge in [0.15, 0.2) is 11.3 Å². The fraction of sp³-hybridized carbons (Fsp3) is 0.200. The average Bonchev–Trinajstić information content (AvgIpc) is 2.82. The first-order valence-corrected chi connectivity index (χ1v) is 10.8. The minimum absolute atomic E-state index is 0.0721. The molecule has 9 heteroatoms. The summed E-state index contributed by atoms with van der Waals surface area (Å²) in [5.41, 5.74) is 2.40. The molecule has 0 atom stereocenters. The van der Waals surface area contributed by atoms with Crippen molar-refractivity contribution >= 4 is 34.3 Å². The summed E-state index contributed by atoms with van der Waals surface area (Å²) in [5.74, 6) is 1.00. The largest absolute Gasteiger partial charge is 0.493 e. The van der Waals surface area contributed by atoms with Crippen LogP contribution in [0, 0.1) is 13.8 Å². The molecule has 0 aliphatic heterocycles. The third kappa shape index (κ3) is 5.32. The van der Waals surface area contributed by atoms with Crippen molar-refractivity contribution in [2.24, 2.45) is 0 Å². The summed E-state index contributed by atoms with van der Waals surface area (Å²) in [5, 5.41) is 9.66. The van der Waals surface area contributed by atoms with Gasteiger partial charge in [-0.2, -0.15) is 4.98 Å². The van der Waals surface area contributed by atoms with Gasteiger partial charge in [-0.3, -0.25) is 4.79 Å². The topological polar surface area (TPSA) is 118 Å². The SMILES string of the molecule is COc1cccc2cc(C(=O)NCCNc3nc(C)cc(Nc4ccc(C)cc4)n3)c(=O)oc12. The normalized spacial score (nSPS) is 10.7. The first kappa shape index (κ1) is 22.8. The number of methoxy groups -OCH3 is 1. The molecule has 0 spiro atoms. The predicted octanol–water partition coefficient (Wildman–Crippen LogP) is 3.79. The molecule has 0 aliphatic carbocycles. The van der Waals surface area contributed by atoms with Crippen LogP contribution in [0.3, 0.4) is 0 Å². The van der Waals surface area contributed by atoms with E-state index in [-0.39, 0.29) is 12.1 Å². The summed E-state index contributed by atoms with van der Waals surface area (Å²) in [4.78, 5) is 33.7. The Morgan fingerprint density at radius 1 is 1.03 bits per heavy atom. The molecule has 0 saturated carbocycles. The van der Waals surface area contributed by atoms with E-state index < -0.39 is 11.5 Å². The smallest absolute Gasteiger partial charge is 0.349 e. The molecule has 34 heavy (non-hydrogen) atoms. The molecule has 0 unspecified atom stereocenters. The molecule has 0 saturated heterocycles. The maximum Gasteiger partial charge on any atom is 0.349 e. The van der Waals surface area contributed by atoms with Gasteiger partial charge in [-0.1, -0.05) is 29.8 Å². The molecule has 1 amide bonds. The molecule has 0 radical (unpaired) electrons. The van der Waals surface area contributed by atoms with Crippen molar-refractivity contribution in [1.82, 2.24) is 15.3 Å². The Hall–Kier alpha value is -4.40. The quantitative estimate of drug-likeness (QED) is 0.269. The van der Waals surface area contributed by atoms with Crippen molar-refractivity contribution in [2.45, 2.75) is 13.8 Å². The minimum Gasteiger partial charge on any atom is -0.493 e. The van der Waals surface area contributed by atoms with E-state index in [0.29, 0.717) is 35.0 Å². The number of hydrogen-bond donors (Lipinski definition) is 3. The van der Waals surface area contributed by atoms with Crippen LogP contribution in [0.5, 0.6) is 5.75 Å². The summed E-state index contributed by atoms with van der Waals surface area (Å²) in [7, 11) is 1.49.